The van der Waals surface area contributed by atoms with E-state index in [2.05, 4.69) is 5.32 Å². The van der Waals surface area contributed by atoms with Gasteiger partial charge in [0.1, 0.15) is 6.54 Å². The number of carboxylic acid groups (broad SMARTS) is 1. The molecule has 9 heteroatoms. The van der Waals surface area contributed by atoms with Gasteiger partial charge in [-0.2, -0.15) is 0 Å². The van der Waals surface area contributed by atoms with E-state index >= 15 is 0 Å². The largest absolute Gasteiger partial charge is 0.480 e. The predicted molar refractivity (Wildman–Crippen MR) is 87.6 cm³/mol. The van der Waals surface area contributed by atoms with Crippen molar-refractivity contribution in [2.75, 3.05) is 12.8 Å². The summed E-state index contributed by atoms with van der Waals surface area (Å²) in [6, 6.07) is 8.52. The number of carbonyl (C=O) groups excluding carboxylic acids is 3. The van der Waals surface area contributed by atoms with Gasteiger partial charge in [-0.15, -0.1) is 0 Å². The van der Waals surface area contributed by atoms with Crippen LogP contribution in [0.15, 0.2) is 30.3 Å². The Morgan fingerprint density at radius 2 is 1.75 bits per heavy atom. The fraction of sp³-hybridized carbons (Fsp3) is 0.333. The first-order valence-corrected chi connectivity index (χ1v) is 7.95. The summed E-state index contributed by atoms with van der Waals surface area (Å²) in [4.78, 5) is 42.1. The van der Waals surface area contributed by atoms with Crippen LogP contribution >= 0.6 is 11.8 Å². The molecular formula is C15H19NO7S. The molecule has 2 N–H and O–H groups in total. The molecule has 1 unspecified atom stereocenters. The monoisotopic (exact) mass is 357 g/mol. The molecule has 0 heterocycles. The zero-order chi connectivity index (χ0) is 18.5. The van der Waals surface area contributed by atoms with E-state index in [0.717, 1.165) is 11.8 Å². The number of hydrogen-bond donors (Lipinski definition) is 2. The summed E-state index contributed by atoms with van der Waals surface area (Å²) < 4.78 is 9.69. The van der Waals surface area contributed by atoms with E-state index in [1.54, 1.807) is 36.6 Å². The molecule has 0 bridgehead atoms. The third-order valence-electron chi connectivity index (χ3n) is 2.20. The molecule has 1 aromatic carbocycles. The van der Waals surface area contributed by atoms with Gasteiger partial charge in [0.15, 0.2) is 0 Å². The first-order valence-electron chi connectivity index (χ1n) is 6.73. The van der Waals surface area contributed by atoms with Crippen molar-refractivity contribution in [3.05, 3.63) is 35.9 Å². The van der Waals surface area contributed by atoms with Crippen LogP contribution < -0.4 is 5.32 Å². The summed E-state index contributed by atoms with van der Waals surface area (Å²) >= 11 is 0.924. The SMILES string of the molecule is CC(=O)NCC(=O)O.CSC(=O)OC(C)OC(=O)c1ccccc1. The highest BCUT2D eigenvalue weighted by Gasteiger charge is 2.14. The number of aliphatic carboxylic acids is 1. The summed E-state index contributed by atoms with van der Waals surface area (Å²) in [6.07, 6.45) is 0.710. The Balaban J connectivity index is 0.000000561. The van der Waals surface area contributed by atoms with Gasteiger partial charge < -0.3 is 19.9 Å². The lowest BCUT2D eigenvalue weighted by molar-refractivity contribution is -0.137. The van der Waals surface area contributed by atoms with Gasteiger partial charge in [-0.25, -0.2) is 9.59 Å². The summed E-state index contributed by atoms with van der Waals surface area (Å²) in [5, 5.41) is 9.58. The third-order valence-corrected chi connectivity index (χ3v) is 2.63. The molecule has 24 heavy (non-hydrogen) atoms. The third kappa shape index (κ3) is 11.1. The number of nitrogens with one attached hydrogen (secondary N) is 1. The molecule has 0 saturated carbocycles. The van der Waals surface area contributed by atoms with Crippen LogP contribution in [-0.4, -0.2) is 47.3 Å². The molecule has 1 rings (SSSR count). The number of hydrogen-bond acceptors (Lipinski definition) is 7. The van der Waals surface area contributed by atoms with Crippen molar-refractivity contribution in [1.29, 1.82) is 0 Å². The molecule has 0 radical (unpaired) electrons. The lowest BCUT2D eigenvalue weighted by Gasteiger charge is -2.12. The fourth-order valence-corrected chi connectivity index (χ4v) is 1.43. The molecule has 0 aromatic heterocycles. The van der Waals surface area contributed by atoms with Crippen LogP contribution in [0.5, 0.6) is 0 Å². The molecule has 0 fully saturated rings. The van der Waals surface area contributed by atoms with E-state index < -0.39 is 23.5 Å². The zero-order valence-electron chi connectivity index (χ0n) is 13.5. The topological polar surface area (TPSA) is 119 Å². The number of ether oxygens (including phenoxy) is 2. The Bertz CT molecular complexity index is 548. The van der Waals surface area contributed by atoms with Crippen LogP contribution in [0.3, 0.4) is 0 Å². The lowest BCUT2D eigenvalue weighted by Crippen LogP contribution is -2.26. The predicted octanol–water partition coefficient (Wildman–Crippen LogP) is 1.90. The van der Waals surface area contributed by atoms with Crippen molar-refractivity contribution in [1.82, 2.24) is 5.32 Å². The smallest absolute Gasteiger partial charge is 0.370 e. The van der Waals surface area contributed by atoms with Gasteiger partial charge in [-0.3, -0.25) is 9.59 Å². The molecule has 1 aromatic rings. The summed E-state index contributed by atoms with van der Waals surface area (Å²) in [5.41, 5.74) is 0.426. The molecule has 0 aliphatic heterocycles. The number of carboxylic acids is 1. The van der Waals surface area contributed by atoms with E-state index in [0.29, 0.717) is 5.56 Å². The van der Waals surface area contributed by atoms with Crippen molar-refractivity contribution in [3.8, 4) is 0 Å². The Kier molecular flexibility index (Phi) is 10.7. The van der Waals surface area contributed by atoms with E-state index in [4.69, 9.17) is 14.6 Å². The summed E-state index contributed by atoms with van der Waals surface area (Å²) in [6.45, 7) is 2.47. The number of thioether (sulfide) groups is 1. The van der Waals surface area contributed by atoms with Crippen LogP contribution in [0.2, 0.25) is 0 Å². The van der Waals surface area contributed by atoms with Crippen molar-refractivity contribution in [2.45, 2.75) is 20.1 Å². The Labute approximate surface area is 143 Å². The second-order valence-electron chi connectivity index (χ2n) is 4.21. The Morgan fingerprint density at radius 1 is 1.17 bits per heavy atom. The molecular weight excluding hydrogens is 338 g/mol. The lowest BCUT2D eigenvalue weighted by atomic mass is 10.2. The maximum absolute atomic E-state index is 11.5. The molecule has 0 aliphatic rings. The van der Waals surface area contributed by atoms with Crippen molar-refractivity contribution in [2.24, 2.45) is 0 Å². The van der Waals surface area contributed by atoms with Crippen molar-refractivity contribution in [3.63, 3.8) is 0 Å². The number of carbonyl (C=O) groups is 4. The van der Waals surface area contributed by atoms with E-state index in [1.165, 1.54) is 13.8 Å². The minimum atomic E-state index is -1.03. The van der Waals surface area contributed by atoms with E-state index in [1.807, 2.05) is 0 Å². The molecule has 132 valence electrons. The number of amides is 1. The van der Waals surface area contributed by atoms with E-state index in [9.17, 15) is 19.2 Å². The van der Waals surface area contributed by atoms with Crippen LogP contribution in [0.1, 0.15) is 24.2 Å². The van der Waals surface area contributed by atoms with Gasteiger partial charge in [-0.05, 0) is 30.2 Å². The molecule has 0 aliphatic carbocycles. The van der Waals surface area contributed by atoms with Crippen LogP contribution in [-0.2, 0) is 19.1 Å². The molecule has 8 nitrogen and oxygen atoms in total. The first-order chi connectivity index (χ1) is 11.3. The van der Waals surface area contributed by atoms with Crippen LogP contribution in [0.25, 0.3) is 0 Å². The number of benzene rings is 1. The molecule has 0 spiro atoms. The number of rotatable bonds is 5. The van der Waals surface area contributed by atoms with Crippen LogP contribution in [0.4, 0.5) is 4.79 Å². The maximum atomic E-state index is 11.5. The highest BCUT2D eigenvalue weighted by Crippen LogP contribution is 2.07. The first kappa shape index (κ1) is 21.4. The second-order valence-corrected chi connectivity index (χ2v) is 4.96. The highest BCUT2D eigenvalue weighted by atomic mass is 32.2. The zero-order valence-corrected chi connectivity index (χ0v) is 14.3. The van der Waals surface area contributed by atoms with Gasteiger partial charge in [-0.1, -0.05) is 18.2 Å². The minimum absolute atomic E-state index is 0.296. The van der Waals surface area contributed by atoms with Gasteiger partial charge in [0.2, 0.25) is 12.2 Å². The molecule has 0 saturated heterocycles. The molecule has 1 atom stereocenters. The highest BCUT2D eigenvalue weighted by molar-refractivity contribution is 8.12. The summed E-state index contributed by atoms with van der Waals surface area (Å²) in [5.74, 6) is -1.87. The average molecular weight is 357 g/mol. The van der Waals surface area contributed by atoms with Gasteiger partial charge in [0.05, 0.1) is 5.56 Å². The summed E-state index contributed by atoms with van der Waals surface area (Å²) in [7, 11) is 0. The quantitative estimate of drug-likeness (QED) is 0.606. The minimum Gasteiger partial charge on any atom is -0.480 e. The Hall–Kier alpha value is -2.55. The van der Waals surface area contributed by atoms with Gasteiger partial charge in [0.25, 0.3) is 0 Å². The van der Waals surface area contributed by atoms with Crippen molar-refractivity contribution < 1.29 is 33.8 Å². The van der Waals surface area contributed by atoms with Gasteiger partial charge >= 0.3 is 17.2 Å². The average Bonchev–Trinajstić information content (AvgIpc) is 2.54. The van der Waals surface area contributed by atoms with Crippen molar-refractivity contribution >= 4 is 34.9 Å². The van der Waals surface area contributed by atoms with Crippen LogP contribution in [0, 0.1) is 0 Å². The Morgan fingerprint density at radius 3 is 2.17 bits per heavy atom. The van der Waals surface area contributed by atoms with Gasteiger partial charge in [0, 0.05) is 13.8 Å². The normalized spacial score (nSPS) is 10.5. The second kappa shape index (κ2) is 11.9. The van der Waals surface area contributed by atoms with E-state index in [-0.39, 0.29) is 12.5 Å². The molecule has 1 amide bonds. The maximum Gasteiger partial charge on any atom is 0.370 e. The number of esters is 1. The fourth-order valence-electron chi connectivity index (χ4n) is 1.20. The standard InChI is InChI=1S/C11H12O4S.C4H7NO3/c1-8(15-11(13)16-2)14-10(12)9-6-4-3-5-7-9;1-3(6)5-2-4(7)8/h3-8H,1-2H3;2H2,1H3,(H,5,6)(H,7,8).